The summed E-state index contributed by atoms with van der Waals surface area (Å²) in [7, 11) is 4.28. The molecule has 212 valence electrons. The number of piperidine rings is 1. The molecule has 1 aromatic carbocycles. The van der Waals surface area contributed by atoms with Gasteiger partial charge in [0.05, 0.1) is 23.2 Å². The molecule has 7 heteroatoms. The summed E-state index contributed by atoms with van der Waals surface area (Å²) in [5.41, 5.74) is 11.2. The highest BCUT2D eigenvalue weighted by Crippen LogP contribution is 2.38. The van der Waals surface area contributed by atoms with Gasteiger partial charge in [-0.15, -0.1) is 0 Å². The summed E-state index contributed by atoms with van der Waals surface area (Å²) in [4.78, 5) is 9.23. The minimum Gasteiger partial charge on any atom is -0.493 e. The molecule has 6 nitrogen and oxygen atoms in total. The van der Waals surface area contributed by atoms with Crippen molar-refractivity contribution in [3.8, 4) is 5.75 Å². The van der Waals surface area contributed by atoms with E-state index in [1.165, 1.54) is 0 Å². The Bertz CT molecular complexity index is 1140. The van der Waals surface area contributed by atoms with Crippen molar-refractivity contribution < 1.29 is 4.74 Å². The van der Waals surface area contributed by atoms with Gasteiger partial charge in [0, 0.05) is 69.5 Å². The Morgan fingerprint density at radius 3 is 2.59 bits per heavy atom. The molecule has 0 radical (unpaired) electrons. The molecule has 0 aliphatic carbocycles. The number of rotatable bonds is 2. The number of hydrogen-bond donors (Lipinski definition) is 1. The van der Waals surface area contributed by atoms with Crippen LogP contribution in [-0.4, -0.2) is 78.6 Å². The van der Waals surface area contributed by atoms with Crippen LogP contribution >= 0.6 is 11.6 Å². The molecule has 1 aromatic rings. The normalized spacial score (nSPS) is 26.2. The minimum absolute atomic E-state index is 0.151. The average molecular weight is 552 g/mol. The van der Waals surface area contributed by atoms with E-state index in [1.54, 1.807) is 0 Å². The number of ether oxygens (including phenoxy) is 1. The lowest BCUT2D eigenvalue weighted by Gasteiger charge is -2.40. The molecular weight excluding hydrogens is 506 g/mol. The number of nitrogens with zero attached hydrogens (tertiary/aromatic N) is 4. The molecule has 0 bridgehead atoms. The van der Waals surface area contributed by atoms with E-state index in [9.17, 15) is 0 Å². The fourth-order valence-corrected chi connectivity index (χ4v) is 6.10. The van der Waals surface area contributed by atoms with Gasteiger partial charge in [-0.2, -0.15) is 0 Å². The largest absolute Gasteiger partial charge is 0.493 e. The van der Waals surface area contributed by atoms with Gasteiger partial charge in [0.15, 0.2) is 0 Å². The standard InChI is InChI=1S/C32H46ClN5O/c1-23-20-24(2)36(6)31(21-25(3)37-18-15-27(34)22-37)35(5)16-9-10-19-39-30-14-11-12-28(33)32(30)26(4)38-17-8-7-13-29(23)38/h11-12,14,20-21,27,29H,1,3-4,7-10,13,15-19,22,34H2,2,5-6H3/b24-20-,31-21-/t27-,29?/m0/s1. The van der Waals surface area contributed by atoms with Gasteiger partial charge >= 0.3 is 0 Å². The first-order chi connectivity index (χ1) is 18.7. The summed E-state index contributed by atoms with van der Waals surface area (Å²) in [5, 5.41) is 0.675. The van der Waals surface area contributed by atoms with Gasteiger partial charge in [0.2, 0.25) is 0 Å². The summed E-state index contributed by atoms with van der Waals surface area (Å²) in [6.07, 6.45) is 10.7. The van der Waals surface area contributed by atoms with E-state index in [0.717, 1.165) is 105 Å². The molecular formula is C32H46ClN5O. The molecule has 3 heterocycles. The lowest BCUT2D eigenvalue weighted by atomic mass is 9.93. The number of likely N-dealkylation sites (tertiary alicyclic amines) is 1. The molecule has 0 aromatic heterocycles. The van der Waals surface area contributed by atoms with Crippen LogP contribution in [0.2, 0.25) is 5.02 Å². The van der Waals surface area contributed by atoms with Gasteiger partial charge in [0.25, 0.3) is 0 Å². The maximum atomic E-state index is 6.74. The van der Waals surface area contributed by atoms with Crippen molar-refractivity contribution in [1.82, 2.24) is 19.6 Å². The third kappa shape index (κ3) is 6.85. The van der Waals surface area contributed by atoms with Gasteiger partial charge in [0.1, 0.15) is 11.6 Å². The van der Waals surface area contributed by atoms with Gasteiger partial charge in [-0.05, 0) is 69.2 Å². The fourth-order valence-electron chi connectivity index (χ4n) is 5.83. The zero-order valence-corrected chi connectivity index (χ0v) is 24.8. The second-order valence-electron chi connectivity index (χ2n) is 11.2. The average Bonchev–Trinajstić information content (AvgIpc) is 3.36. The summed E-state index contributed by atoms with van der Waals surface area (Å²) in [5.74, 6) is 1.91. The zero-order valence-electron chi connectivity index (χ0n) is 24.1. The van der Waals surface area contributed by atoms with E-state index in [2.05, 4.69) is 72.5 Å². The summed E-state index contributed by atoms with van der Waals surface area (Å²) in [6.45, 7) is 19.9. The third-order valence-corrected chi connectivity index (χ3v) is 8.59. The van der Waals surface area contributed by atoms with Gasteiger partial charge in [-0.3, -0.25) is 0 Å². The molecule has 39 heavy (non-hydrogen) atoms. The van der Waals surface area contributed by atoms with Crippen molar-refractivity contribution >= 4 is 17.3 Å². The number of nitrogens with two attached hydrogens (primary N) is 1. The van der Waals surface area contributed by atoms with Crippen molar-refractivity contribution in [2.24, 2.45) is 5.73 Å². The van der Waals surface area contributed by atoms with Crippen molar-refractivity contribution in [1.29, 1.82) is 0 Å². The van der Waals surface area contributed by atoms with E-state index in [1.807, 2.05) is 18.2 Å². The van der Waals surface area contributed by atoms with E-state index in [0.29, 0.717) is 11.6 Å². The molecule has 0 saturated carbocycles. The van der Waals surface area contributed by atoms with Crippen LogP contribution in [0.5, 0.6) is 5.75 Å². The van der Waals surface area contributed by atoms with Crippen LogP contribution in [0.4, 0.5) is 0 Å². The van der Waals surface area contributed by atoms with Crippen molar-refractivity contribution in [2.75, 3.05) is 46.9 Å². The summed E-state index contributed by atoms with van der Waals surface area (Å²) < 4.78 is 6.31. The number of halogens is 1. The maximum absolute atomic E-state index is 6.74. The smallest absolute Gasteiger partial charge is 0.130 e. The van der Waals surface area contributed by atoms with Gasteiger partial charge in [-0.25, -0.2) is 0 Å². The van der Waals surface area contributed by atoms with Crippen LogP contribution in [0.15, 0.2) is 72.9 Å². The number of fused-ring (bicyclic) bond motifs is 2. The molecule has 1 unspecified atom stereocenters. The molecule has 0 spiro atoms. The molecule has 3 aliphatic heterocycles. The molecule has 2 fully saturated rings. The van der Waals surface area contributed by atoms with E-state index < -0.39 is 0 Å². The zero-order chi connectivity index (χ0) is 28.1. The topological polar surface area (TPSA) is 48.2 Å². The Hall–Kier alpha value is -2.83. The Morgan fingerprint density at radius 1 is 1.08 bits per heavy atom. The highest BCUT2D eigenvalue weighted by Gasteiger charge is 2.28. The number of allylic oxidation sites excluding steroid dienone is 2. The number of hydrogen-bond acceptors (Lipinski definition) is 6. The van der Waals surface area contributed by atoms with Crippen LogP contribution in [0.25, 0.3) is 5.70 Å². The third-order valence-electron chi connectivity index (χ3n) is 8.27. The van der Waals surface area contributed by atoms with Crippen LogP contribution in [0.1, 0.15) is 51.0 Å². The molecule has 4 rings (SSSR count). The lowest BCUT2D eigenvalue weighted by Crippen LogP contribution is -2.39. The van der Waals surface area contributed by atoms with Crippen LogP contribution < -0.4 is 10.5 Å². The first-order valence-electron chi connectivity index (χ1n) is 14.3. The minimum atomic E-state index is 0.151. The quantitative estimate of drug-likeness (QED) is 0.483. The number of benzene rings is 1. The van der Waals surface area contributed by atoms with Crippen LogP contribution in [0.3, 0.4) is 0 Å². The van der Waals surface area contributed by atoms with E-state index >= 15 is 0 Å². The van der Waals surface area contributed by atoms with Crippen LogP contribution in [-0.2, 0) is 0 Å². The first-order valence-corrected chi connectivity index (χ1v) is 14.7. The highest BCUT2D eigenvalue weighted by atomic mass is 35.5. The van der Waals surface area contributed by atoms with Gasteiger partial charge < -0.3 is 30.1 Å². The SMILES string of the molecule is C=C1/C=C(/C)N(C)/C(=C\C(=C)N2CC[C@H](N)C2)N(C)CCCCOc2cccc(Cl)c2C(=C)N2CCCCC12. The second-order valence-corrected chi connectivity index (χ2v) is 11.6. The maximum Gasteiger partial charge on any atom is 0.130 e. The summed E-state index contributed by atoms with van der Waals surface area (Å²) >= 11 is 6.74. The Kier molecular flexibility index (Phi) is 9.73. The predicted octanol–water partition coefficient (Wildman–Crippen LogP) is 6.05. The predicted molar refractivity (Wildman–Crippen MR) is 164 cm³/mol. The molecule has 3 aliphatic rings. The van der Waals surface area contributed by atoms with E-state index in [4.69, 9.17) is 22.1 Å². The van der Waals surface area contributed by atoms with Crippen molar-refractivity contribution in [2.45, 2.75) is 57.5 Å². The Balaban J connectivity index is 1.68. The van der Waals surface area contributed by atoms with E-state index in [-0.39, 0.29) is 12.1 Å². The first kappa shape index (κ1) is 29.2. The van der Waals surface area contributed by atoms with Crippen molar-refractivity contribution in [3.63, 3.8) is 0 Å². The Labute approximate surface area is 240 Å². The summed E-state index contributed by atoms with van der Waals surface area (Å²) in [6, 6.07) is 6.24. The van der Waals surface area contributed by atoms with Gasteiger partial charge in [-0.1, -0.05) is 37.4 Å². The molecule has 2 N–H and O–H groups in total. The lowest BCUT2D eigenvalue weighted by molar-refractivity contribution is 0.253. The molecule has 2 atom stereocenters. The van der Waals surface area contributed by atoms with Crippen LogP contribution in [0, 0.1) is 0 Å². The molecule has 0 amide bonds. The monoisotopic (exact) mass is 551 g/mol. The highest BCUT2D eigenvalue weighted by molar-refractivity contribution is 6.32. The molecule has 2 saturated heterocycles. The Morgan fingerprint density at radius 2 is 1.85 bits per heavy atom. The van der Waals surface area contributed by atoms with Crippen molar-refractivity contribution in [3.05, 3.63) is 83.5 Å². The second kappa shape index (κ2) is 13.0. The fraction of sp³-hybridized carbons (Fsp3) is 0.500.